The van der Waals surface area contributed by atoms with Crippen molar-refractivity contribution in [1.29, 1.82) is 0 Å². The lowest BCUT2D eigenvalue weighted by Gasteiger charge is -2.28. The maximum absolute atomic E-state index is 14.4. The molecule has 2 N–H and O–H groups in total. The number of nitrogens with zero attached hydrogens (tertiary/aromatic N) is 1. The van der Waals surface area contributed by atoms with E-state index in [2.05, 4.69) is 0 Å². The fraction of sp³-hybridized carbons (Fsp3) is 0.417. The van der Waals surface area contributed by atoms with E-state index >= 15 is 0 Å². The van der Waals surface area contributed by atoms with Gasteiger partial charge in [0.15, 0.2) is 0 Å². The Kier molecular flexibility index (Phi) is 7.81. The fourth-order valence-corrected chi connectivity index (χ4v) is 4.25. The molecule has 6 nitrogen and oxygen atoms in total. The highest BCUT2D eigenvalue weighted by atomic mass is 127. The van der Waals surface area contributed by atoms with Crippen LogP contribution in [0.4, 0.5) is 13.6 Å². The first kappa shape index (κ1) is 25.2. The summed E-state index contributed by atoms with van der Waals surface area (Å²) in [6.45, 7) is 5.93. The second kappa shape index (κ2) is 10.2. The van der Waals surface area contributed by atoms with Gasteiger partial charge in [0.05, 0.1) is 11.6 Å². The number of benzene rings is 2. The normalized spacial score (nSPS) is 16.1. The molecule has 1 atom stereocenters. The van der Waals surface area contributed by atoms with Gasteiger partial charge in [-0.05, 0) is 85.5 Å². The lowest BCUT2D eigenvalue weighted by Crippen LogP contribution is -2.42. The molecule has 0 bridgehead atoms. The van der Waals surface area contributed by atoms with Crippen LogP contribution in [0.2, 0.25) is 0 Å². The molecule has 33 heavy (non-hydrogen) atoms. The Morgan fingerprint density at radius 2 is 1.91 bits per heavy atom. The number of halogens is 3. The molecule has 0 unspecified atom stereocenters. The summed E-state index contributed by atoms with van der Waals surface area (Å²) >= 11 is 1.99. The molecule has 1 aliphatic heterocycles. The Hall–Kier alpha value is -2.43. The van der Waals surface area contributed by atoms with Crippen LogP contribution < -0.4 is 10.5 Å². The number of hydrogen-bond donors (Lipinski definition) is 1. The number of carbonyl (C=O) groups excluding carboxylic acids is 2. The average Bonchev–Trinajstić information content (AvgIpc) is 3.15. The maximum atomic E-state index is 14.4. The molecule has 1 heterocycles. The molecule has 0 aromatic heterocycles. The zero-order chi connectivity index (χ0) is 24.3. The number of carbonyl (C=O) groups is 2. The van der Waals surface area contributed by atoms with Crippen molar-refractivity contribution in [1.82, 2.24) is 4.90 Å². The van der Waals surface area contributed by atoms with Crippen LogP contribution in [0.15, 0.2) is 30.3 Å². The van der Waals surface area contributed by atoms with Crippen molar-refractivity contribution in [2.45, 2.75) is 51.7 Å². The van der Waals surface area contributed by atoms with Crippen LogP contribution in [-0.4, -0.2) is 41.7 Å². The smallest absolute Gasteiger partial charge is 0.410 e. The maximum Gasteiger partial charge on any atom is 0.410 e. The van der Waals surface area contributed by atoms with E-state index in [1.807, 2.05) is 22.6 Å². The van der Waals surface area contributed by atoms with Gasteiger partial charge in [0.2, 0.25) is 0 Å². The minimum Gasteiger partial charge on any atom is -0.490 e. The zero-order valence-corrected chi connectivity index (χ0v) is 20.9. The van der Waals surface area contributed by atoms with Crippen molar-refractivity contribution in [3.63, 3.8) is 0 Å². The van der Waals surface area contributed by atoms with Crippen LogP contribution in [0, 0.1) is 15.2 Å². The number of hydrogen-bond acceptors (Lipinski definition) is 4. The molecular formula is C24H27F2IN2O4. The monoisotopic (exact) mass is 572 g/mol. The van der Waals surface area contributed by atoms with Gasteiger partial charge in [0.1, 0.15) is 29.6 Å². The summed E-state index contributed by atoms with van der Waals surface area (Å²) in [4.78, 5) is 26.3. The van der Waals surface area contributed by atoms with E-state index in [4.69, 9.17) is 15.2 Å². The summed E-state index contributed by atoms with van der Waals surface area (Å²) in [5.74, 6) is -1.92. The van der Waals surface area contributed by atoms with Gasteiger partial charge >= 0.3 is 6.09 Å². The first-order chi connectivity index (χ1) is 15.4. The number of rotatable bonds is 6. The van der Waals surface area contributed by atoms with Gasteiger partial charge < -0.3 is 20.1 Å². The summed E-state index contributed by atoms with van der Waals surface area (Å²) in [5.41, 5.74) is 5.49. The van der Waals surface area contributed by atoms with E-state index in [0.29, 0.717) is 18.5 Å². The van der Waals surface area contributed by atoms with E-state index in [1.54, 1.807) is 37.8 Å². The number of nitrogens with two attached hydrogens (primary N) is 1. The van der Waals surface area contributed by atoms with Crippen molar-refractivity contribution in [3.05, 3.63) is 62.2 Å². The Morgan fingerprint density at radius 1 is 1.18 bits per heavy atom. The second-order valence-electron chi connectivity index (χ2n) is 9.00. The summed E-state index contributed by atoms with van der Waals surface area (Å²) in [6.07, 6.45) is 0.984. The highest BCUT2D eigenvalue weighted by molar-refractivity contribution is 14.1. The molecule has 2 aromatic rings. The number of likely N-dealkylation sites (tertiary alicyclic amines) is 1. The topological polar surface area (TPSA) is 81.9 Å². The molecule has 2 aromatic carbocycles. The van der Waals surface area contributed by atoms with E-state index < -0.39 is 29.2 Å². The Balaban J connectivity index is 1.83. The van der Waals surface area contributed by atoms with Crippen LogP contribution in [0.5, 0.6) is 5.75 Å². The van der Waals surface area contributed by atoms with Gasteiger partial charge in [-0.15, -0.1) is 0 Å². The lowest BCUT2D eigenvalue weighted by atomic mass is 9.98. The number of ether oxygens (including phenoxy) is 2. The molecule has 1 aliphatic rings. The molecule has 1 saturated heterocycles. The third-order valence-corrected chi connectivity index (χ3v) is 5.90. The molecule has 178 valence electrons. The van der Waals surface area contributed by atoms with Crippen LogP contribution in [0.25, 0.3) is 0 Å². The van der Waals surface area contributed by atoms with Gasteiger partial charge in [-0.1, -0.05) is 6.07 Å². The van der Waals surface area contributed by atoms with E-state index in [0.717, 1.165) is 22.1 Å². The quantitative estimate of drug-likeness (QED) is 0.493. The van der Waals surface area contributed by atoms with Crippen molar-refractivity contribution in [2.75, 3.05) is 13.2 Å². The van der Waals surface area contributed by atoms with Crippen molar-refractivity contribution < 1.29 is 27.8 Å². The van der Waals surface area contributed by atoms with Gasteiger partial charge in [0.25, 0.3) is 5.91 Å². The van der Waals surface area contributed by atoms with Crippen LogP contribution in [-0.2, 0) is 11.2 Å². The Labute approximate surface area is 205 Å². The predicted molar refractivity (Wildman–Crippen MR) is 128 cm³/mol. The van der Waals surface area contributed by atoms with Crippen molar-refractivity contribution in [2.24, 2.45) is 5.73 Å². The van der Waals surface area contributed by atoms with Gasteiger partial charge in [-0.2, -0.15) is 0 Å². The van der Waals surface area contributed by atoms with E-state index in [1.165, 1.54) is 6.07 Å². The average molecular weight is 572 g/mol. The van der Waals surface area contributed by atoms with Gasteiger partial charge in [-0.3, -0.25) is 4.79 Å². The van der Waals surface area contributed by atoms with E-state index in [9.17, 15) is 18.4 Å². The van der Waals surface area contributed by atoms with Crippen LogP contribution >= 0.6 is 22.6 Å². The SMILES string of the molecule is CC(C)(C)OC(=O)N1CCC[C@H]1COc1cc(F)cc(Cc2ccc(I)cc2F)c1C(N)=O. The predicted octanol–water partition coefficient (Wildman–Crippen LogP) is 5.04. The lowest BCUT2D eigenvalue weighted by molar-refractivity contribution is 0.0186. The summed E-state index contributed by atoms with van der Waals surface area (Å²) in [7, 11) is 0. The molecule has 3 rings (SSSR count). The summed E-state index contributed by atoms with van der Waals surface area (Å²) < 4.78 is 40.8. The minimum absolute atomic E-state index is 0.00355. The van der Waals surface area contributed by atoms with Crippen LogP contribution in [0.1, 0.15) is 55.1 Å². The molecule has 0 saturated carbocycles. The Bertz CT molecular complexity index is 1060. The molecular weight excluding hydrogens is 545 g/mol. The van der Waals surface area contributed by atoms with Gasteiger partial charge in [0, 0.05) is 22.6 Å². The zero-order valence-electron chi connectivity index (χ0n) is 18.8. The van der Waals surface area contributed by atoms with Crippen molar-refractivity contribution >= 4 is 34.6 Å². The first-order valence-corrected chi connectivity index (χ1v) is 11.7. The number of primary amides is 1. The highest BCUT2D eigenvalue weighted by Crippen LogP contribution is 2.29. The standard InChI is InChI=1S/C24H27F2IN2O4/c1-24(2,3)33-23(31)29-8-4-5-18(29)13-32-20-11-16(25)10-15(21(20)22(28)30)9-14-6-7-17(27)12-19(14)26/h6-7,10-12,18H,4-5,8-9,13H2,1-3H3,(H2,28,30)/t18-/m0/s1. The molecule has 1 fully saturated rings. The second-order valence-corrected chi connectivity index (χ2v) is 10.2. The van der Waals surface area contributed by atoms with E-state index in [-0.39, 0.29) is 35.9 Å². The summed E-state index contributed by atoms with van der Waals surface area (Å²) in [5, 5.41) is 0. The highest BCUT2D eigenvalue weighted by Gasteiger charge is 2.33. The molecule has 0 aliphatic carbocycles. The molecule has 0 radical (unpaired) electrons. The molecule has 2 amide bonds. The largest absolute Gasteiger partial charge is 0.490 e. The molecule has 9 heteroatoms. The first-order valence-electron chi connectivity index (χ1n) is 10.6. The number of amides is 2. The van der Waals surface area contributed by atoms with Crippen LogP contribution in [0.3, 0.4) is 0 Å². The van der Waals surface area contributed by atoms with Crippen molar-refractivity contribution in [3.8, 4) is 5.75 Å². The fourth-order valence-electron chi connectivity index (χ4n) is 3.79. The minimum atomic E-state index is -0.804. The molecule has 0 spiro atoms. The summed E-state index contributed by atoms with van der Waals surface area (Å²) in [6, 6.07) is 6.63. The third-order valence-electron chi connectivity index (χ3n) is 5.23. The third kappa shape index (κ3) is 6.55. The Morgan fingerprint density at radius 3 is 2.55 bits per heavy atom. The van der Waals surface area contributed by atoms with Gasteiger partial charge in [-0.25, -0.2) is 13.6 Å².